The molecule has 1 aliphatic heterocycles. The molecule has 1 aromatic heterocycles. The number of likely N-dealkylation sites (N-methyl/N-ethyl adjacent to an activating group) is 2. The van der Waals surface area contributed by atoms with Crippen LogP contribution in [0.1, 0.15) is 90.8 Å². The fourth-order valence-electron chi connectivity index (χ4n) is 8.17. The number of aromatic nitrogens is 1. The van der Waals surface area contributed by atoms with Crippen LogP contribution < -0.4 is 10.6 Å². The largest absolute Gasteiger partial charge is 0.379 e. The van der Waals surface area contributed by atoms with E-state index >= 15 is 0 Å². The van der Waals surface area contributed by atoms with Crippen molar-refractivity contribution in [3.05, 3.63) is 52.5 Å². The molecule has 1 saturated heterocycles. The van der Waals surface area contributed by atoms with Crippen molar-refractivity contribution >= 4 is 35.0 Å². The van der Waals surface area contributed by atoms with Crippen LogP contribution in [0, 0.1) is 23.7 Å². The number of carbonyl (C=O) groups is 4. The molecule has 0 saturated carbocycles. The summed E-state index contributed by atoms with van der Waals surface area (Å²) in [6, 6.07) is 7.83. The third kappa shape index (κ3) is 12.1. The van der Waals surface area contributed by atoms with E-state index in [-0.39, 0.29) is 65.9 Å². The summed E-state index contributed by atoms with van der Waals surface area (Å²) >= 11 is 1.51. The van der Waals surface area contributed by atoms with Crippen LogP contribution in [0.25, 0.3) is 0 Å². The van der Waals surface area contributed by atoms with Gasteiger partial charge in [0.1, 0.15) is 11.0 Å². The first-order valence-electron chi connectivity index (χ1n) is 19.9. The van der Waals surface area contributed by atoms with Gasteiger partial charge in [0.25, 0.3) is 0 Å². The first kappa shape index (κ1) is 46.0. The Balaban J connectivity index is 1.79. The Labute approximate surface area is 334 Å². The fraction of sp³-hybridized carbons (Fsp3) is 0.690. The number of hydrogen-bond acceptors (Lipinski definition) is 9. The monoisotopic (exact) mass is 784 g/mol. The highest BCUT2D eigenvalue weighted by Crippen LogP contribution is 2.30. The maximum Gasteiger partial charge on any atom is 0.245 e. The summed E-state index contributed by atoms with van der Waals surface area (Å²) in [7, 11) is 8.66. The fourth-order valence-corrected chi connectivity index (χ4v) is 8.86. The van der Waals surface area contributed by atoms with Crippen molar-refractivity contribution in [2.45, 2.75) is 123 Å². The summed E-state index contributed by atoms with van der Waals surface area (Å²) in [4.78, 5) is 65.8. The van der Waals surface area contributed by atoms with Gasteiger partial charge in [0.2, 0.25) is 23.6 Å². The lowest BCUT2D eigenvalue weighted by Gasteiger charge is -2.41. The Morgan fingerprint density at radius 3 is 2.15 bits per heavy atom. The van der Waals surface area contributed by atoms with Crippen LogP contribution in [0.15, 0.2) is 41.9 Å². The molecule has 2 aromatic rings. The number of benzene rings is 1. The highest BCUT2D eigenvalue weighted by molar-refractivity contribution is 7.09. The molecule has 1 aromatic carbocycles. The van der Waals surface area contributed by atoms with E-state index in [1.165, 1.54) is 11.3 Å². The molecule has 55 heavy (non-hydrogen) atoms. The van der Waals surface area contributed by atoms with Gasteiger partial charge in [0, 0.05) is 39.4 Å². The number of nitrogens with one attached hydrogen (secondary N) is 2. The van der Waals surface area contributed by atoms with Crippen LogP contribution in [-0.4, -0.2) is 122 Å². The Bertz CT molecular complexity index is 1480. The zero-order valence-electron chi connectivity index (χ0n) is 35.3. The van der Waals surface area contributed by atoms with Crippen molar-refractivity contribution in [3.8, 4) is 0 Å². The van der Waals surface area contributed by atoms with Gasteiger partial charge in [-0.3, -0.25) is 24.1 Å². The molecule has 0 radical (unpaired) electrons. The zero-order chi connectivity index (χ0) is 41.0. The van der Waals surface area contributed by atoms with Gasteiger partial charge < -0.3 is 29.9 Å². The van der Waals surface area contributed by atoms with E-state index in [9.17, 15) is 19.2 Å². The third-order valence-electron chi connectivity index (χ3n) is 11.3. The second-order valence-electron chi connectivity index (χ2n) is 16.1. The topological polar surface area (TPSA) is 133 Å². The van der Waals surface area contributed by atoms with E-state index in [0.29, 0.717) is 19.4 Å². The van der Waals surface area contributed by atoms with Crippen LogP contribution in [0.5, 0.6) is 0 Å². The van der Waals surface area contributed by atoms with Crippen LogP contribution in [0.4, 0.5) is 0 Å². The first-order chi connectivity index (χ1) is 26.1. The molecule has 3 rings (SSSR count). The molecule has 2 N–H and O–H groups in total. The van der Waals surface area contributed by atoms with E-state index in [2.05, 4.69) is 29.5 Å². The van der Waals surface area contributed by atoms with Crippen LogP contribution in [0.3, 0.4) is 0 Å². The Hall–Kier alpha value is -3.39. The summed E-state index contributed by atoms with van der Waals surface area (Å²) in [5.74, 6) is -1.35. The number of methoxy groups -OCH3 is 2. The normalized spacial score (nSPS) is 19.0. The van der Waals surface area contributed by atoms with Crippen molar-refractivity contribution in [2.75, 3.05) is 41.9 Å². The van der Waals surface area contributed by atoms with Gasteiger partial charge in [0.15, 0.2) is 0 Å². The molecule has 12 nitrogen and oxygen atoms in total. The Kier molecular flexibility index (Phi) is 18.2. The molecule has 0 spiro atoms. The minimum atomic E-state index is -0.751. The second-order valence-corrected chi connectivity index (χ2v) is 17.0. The SMILES string of the molecule is CCC(C)[C@H]([C@H](CC(=O)N1CCC[C@H]1[C@H](OC)[C@@H](C)C(=O)N[C@@H](Cc1ccccc1)c1nccs1)OC)N(C)C(=O)[C@@H](NC(=O)[C@H](C(C)C)N(C)C)C(C)C. The molecule has 1 unspecified atom stereocenters. The number of likely N-dealkylation sites (tertiary alicyclic amines) is 1. The van der Waals surface area contributed by atoms with Crippen molar-refractivity contribution in [2.24, 2.45) is 23.7 Å². The molecule has 13 heteroatoms. The lowest BCUT2D eigenvalue weighted by atomic mass is 9.89. The Morgan fingerprint density at radius 1 is 0.945 bits per heavy atom. The van der Waals surface area contributed by atoms with Gasteiger partial charge in [-0.05, 0) is 56.7 Å². The highest BCUT2D eigenvalue weighted by atomic mass is 32.1. The van der Waals surface area contributed by atoms with Crippen molar-refractivity contribution in [1.29, 1.82) is 0 Å². The summed E-state index contributed by atoms with van der Waals surface area (Å²) in [6.07, 6.45) is 3.49. The zero-order valence-corrected chi connectivity index (χ0v) is 36.1. The number of thiazole rings is 1. The van der Waals surface area contributed by atoms with Crippen molar-refractivity contribution in [1.82, 2.24) is 30.3 Å². The molecule has 9 atom stereocenters. The smallest absolute Gasteiger partial charge is 0.245 e. The lowest BCUT2D eigenvalue weighted by molar-refractivity contribution is -0.148. The van der Waals surface area contributed by atoms with Gasteiger partial charge in [-0.1, -0.05) is 85.2 Å². The number of rotatable bonds is 21. The Morgan fingerprint density at radius 2 is 1.62 bits per heavy atom. The minimum absolute atomic E-state index is 0.00751. The lowest BCUT2D eigenvalue weighted by Crippen LogP contribution is -2.59. The van der Waals surface area contributed by atoms with E-state index in [0.717, 1.165) is 23.4 Å². The highest BCUT2D eigenvalue weighted by Gasteiger charge is 2.43. The molecular weight excluding hydrogens is 717 g/mol. The molecule has 308 valence electrons. The summed E-state index contributed by atoms with van der Waals surface area (Å²) in [6.45, 7) is 14.3. The van der Waals surface area contributed by atoms with Crippen molar-refractivity contribution < 1.29 is 28.7 Å². The molecule has 0 bridgehead atoms. The average Bonchev–Trinajstić information content (AvgIpc) is 3.87. The maximum atomic E-state index is 14.3. The number of hydrogen-bond donors (Lipinski definition) is 2. The molecule has 1 aliphatic rings. The van der Waals surface area contributed by atoms with E-state index in [1.54, 1.807) is 32.4 Å². The molecule has 4 amide bonds. The quantitative estimate of drug-likeness (QED) is 0.177. The van der Waals surface area contributed by atoms with Crippen LogP contribution >= 0.6 is 11.3 Å². The predicted octanol–water partition coefficient (Wildman–Crippen LogP) is 5.19. The number of carbonyl (C=O) groups excluding carboxylic acids is 4. The minimum Gasteiger partial charge on any atom is -0.379 e. The average molecular weight is 785 g/mol. The number of ether oxygens (including phenoxy) is 2. The number of amides is 4. The molecule has 2 heterocycles. The first-order valence-corrected chi connectivity index (χ1v) is 20.8. The van der Waals surface area contributed by atoms with Crippen molar-refractivity contribution in [3.63, 3.8) is 0 Å². The summed E-state index contributed by atoms with van der Waals surface area (Å²) in [5.41, 5.74) is 1.09. The molecule has 0 aliphatic carbocycles. The van der Waals surface area contributed by atoms with Gasteiger partial charge in [-0.15, -0.1) is 11.3 Å². The predicted molar refractivity (Wildman–Crippen MR) is 218 cm³/mol. The van der Waals surface area contributed by atoms with E-state index in [4.69, 9.17) is 9.47 Å². The summed E-state index contributed by atoms with van der Waals surface area (Å²) in [5, 5.41) is 9.02. The number of nitrogens with zero attached hydrogens (tertiary/aromatic N) is 4. The third-order valence-corrected chi connectivity index (χ3v) is 12.2. The standard InChI is InChI=1S/C42H68N6O6S/c1-13-28(6)37(47(10)42(52)35(26(2)3)45-40(51)36(27(4)5)46(8)9)33(53-11)25-34(49)48-22-17-20-32(48)38(54-12)29(7)39(50)44-31(41-43-21-23-55-41)24-30-18-15-14-16-19-30/h14-16,18-19,21,23,26-29,31-33,35-38H,13,17,20,22,24-25H2,1-12H3,(H,44,50)(H,45,51)/t28?,29-,31+,32+,33+,35+,36+,37-,38-/m1/s1. The van der Waals surface area contributed by atoms with Gasteiger partial charge in [0.05, 0.1) is 48.7 Å². The second kappa shape index (κ2) is 21.8. The van der Waals surface area contributed by atoms with Gasteiger partial charge in [-0.2, -0.15) is 0 Å². The van der Waals surface area contributed by atoms with Crippen LogP contribution in [0.2, 0.25) is 0 Å². The van der Waals surface area contributed by atoms with Gasteiger partial charge in [-0.25, -0.2) is 4.98 Å². The summed E-state index contributed by atoms with van der Waals surface area (Å²) < 4.78 is 12.1. The van der Waals surface area contributed by atoms with Crippen LogP contribution in [-0.2, 0) is 35.1 Å². The van der Waals surface area contributed by atoms with Gasteiger partial charge >= 0.3 is 0 Å². The maximum absolute atomic E-state index is 14.3. The van der Waals surface area contributed by atoms with E-state index < -0.39 is 30.2 Å². The van der Waals surface area contributed by atoms with E-state index in [1.807, 2.05) is 94.2 Å². The molecular formula is C42H68N6O6S. The molecule has 1 fully saturated rings.